The lowest BCUT2D eigenvalue weighted by Crippen LogP contribution is -2.51. The minimum absolute atomic E-state index is 0.324. The smallest absolute Gasteiger partial charge is 0.225 e. The zero-order chi connectivity index (χ0) is 15.9. The summed E-state index contributed by atoms with van der Waals surface area (Å²) in [5, 5.41) is 0. The number of amides is 1. The lowest BCUT2D eigenvalue weighted by molar-refractivity contribution is -0.135. The summed E-state index contributed by atoms with van der Waals surface area (Å²) in [6, 6.07) is 1.87. The van der Waals surface area contributed by atoms with Crippen LogP contribution in [0.25, 0.3) is 0 Å². The second-order valence-electron chi connectivity index (χ2n) is 7.72. The van der Waals surface area contributed by atoms with E-state index in [0.29, 0.717) is 23.2 Å². The molecule has 0 aromatic carbocycles. The molecule has 1 saturated carbocycles. The summed E-state index contributed by atoms with van der Waals surface area (Å²) in [4.78, 5) is 25.7. The predicted molar refractivity (Wildman–Crippen MR) is 89.0 cm³/mol. The third-order valence-electron chi connectivity index (χ3n) is 6.06. The Morgan fingerprint density at radius 3 is 2.52 bits per heavy atom. The molecule has 23 heavy (non-hydrogen) atoms. The minimum Gasteiger partial charge on any atom is -0.342 e. The number of hydrogen-bond donors (Lipinski definition) is 0. The molecule has 1 aromatic rings. The molecule has 1 spiro atoms. The van der Waals surface area contributed by atoms with Crippen molar-refractivity contribution in [2.75, 3.05) is 31.1 Å². The van der Waals surface area contributed by atoms with Crippen LogP contribution < -0.4 is 4.90 Å². The van der Waals surface area contributed by atoms with Gasteiger partial charge in [-0.2, -0.15) is 0 Å². The third-order valence-corrected chi connectivity index (χ3v) is 6.06. The van der Waals surface area contributed by atoms with Crippen molar-refractivity contribution in [3.8, 4) is 0 Å². The monoisotopic (exact) mass is 314 g/mol. The molecule has 2 saturated heterocycles. The molecule has 0 unspecified atom stereocenters. The highest BCUT2D eigenvalue weighted by molar-refractivity contribution is 5.81. The van der Waals surface area contributed by atoms with E-state index in [9.17, 15) is 4.79 Å². The molecule has 1 aliphatic carbocycles. The van der Waals surface area contributed by atoms with Crippen molar-refractivity contribution >= 4 is 11.9 Å². The van der Waals surface area contributed by atoms with Crippen molar-refractivity contribution in [2.45, 2.75) is 39.0 Å². The molecule has 1 amide bonds. The van der Waals surface area contributed by atoms with Crippen LogP contribution in [0.3, 0.4) is 0 Å². The van der Waals surface area contributed by atoms with Gasteiger partial charge in [0.15, 0.2) is 0 Å². The summed E-state index contributed by atoms with van der Waals surface area (Å²) in [7, 11) is 0. The van der Waals surface area contributed by atoms with Crippen LogP contribution in [0, 0.1) is 17.3 Å². The predicted octanol–water partition coefficient (Wildman–Crippen LogP) is 2.34. The number of aromatic nitrogens is 2. The molecular formula is C18H26N4O. The largest absolute Gasteiger partial charge is 0.342 e. The highest BCUT2D eigenvalue weighted by Gasteiger charge is 2.45. The van der Waals surface area contributed by atoms with Crippen molar-refractivity contribution in [3.05, 3.63) is 18.5 Å². The van der Waals surface area contributed by atoms with Crippen LogP contribution in [-0.4, -0.2) is 47.0 Å². The second kappa shape index (κ2) is 5.77. The fourth-order valence-corrected chi connectivity index (χ4v) is 4.34. The van der Waals surface area contributed by atoms with Gasteiger partial charge in [0.2, 0.25) is 11.9 Å². The Hall–Kier alpha value is -1.65. The molecular weight excluding hydrogens is 288 g/mol. The van der Waals surface area contributed by atoms with Gasteiger partial charge >= 0.3 is 0 Å². The van der Waals surface area contributed by atoms with Gasteiger partial charge in [-0.25, -0.2) is 9.97 Å². The van der Waals surface area contributed by atoms with Crippen LogP contribution in [-0.2, 0) is 4.79 Å². The maximum absolute atomic E-state index is 12.4. The van der Waals surface area contributed by atoms with Crippen LogP contribution >= 0.6 is 0 Å². The van der Waals surface area contributed by atoms with Gasteiger partial charge in [-0.05, 0) is 49.5 Å². The molecule has 0 N–H and O–H groups in total. The van der Waals surface area contributed by atoms with E-state index in [1.54, 1.807) is 0 Å². The standard InChI is InChI=1S/C18H26N4O/c1-14-12-15(14)16(23)21-10-5-18(6-11-21)4-2-9-22(13-18)17-19-7-3-8-20-17/h3,7-8,14-15H,2,4-6,9-13H2,1H3/t14-,15-/m1/s1. The second-order valence-corrected chi connectivity index (χ2v) is 7.72. The Morgan fingerprint density at radius 2 is 1.87 bits per heavy atom. The van der Waals surface area contributed by atoms with Crippen molar-refractivity contribution in [1.82, 2.24) is 14.9 Å². The van der Waals surface area contributed by atoms with Gasteiger partial charge < -0.3 is 9.80 Å². The summed E-state index contributed by atoms with van der Waals surface area (Å²) < 4.78 is 0. The minimum atomic E-state index is 0.324. The third kappa shape index (κ3) is 2.93. The van der Waals surface area contributed by atoms with E-state index in [1.165, 1.54) is 12.8 Å². The summed E-state index contributed by atoms with van der Waals surface area (Å²) in [5.41, 5.74) is 0.351. The summed E-state index contributed by atoms with van der Waals surface area (Å²) in [5.74, 6) is 2.20. The molecule has 5 nitrogen and oxygen atoms in total. The average molecular weight is 314 g/mol. The Kier molecular flexibility index (Phi) is 3.74. The number of likely N-dealkylation sites (tertiary alicyclic amines) is 1. The van der Waals surface area contributed by atoms with E-state index in [-0.39, 0.29) is 0 Å². The van der Waals surface area contributed by atoms with Gasteiger partial charge in [-0.3, -0.25) is 4.79 Å². The SMILES string of the molecule is C[C@@H]1C[C@H]1C(=O)N1CCC2(CCCN(c3ncccn3)C2)CC1. The topological polar surface area (TPSA) is 49.3 Å². The van der Waals surface area contributed by atoms with Gasteiger partial charge in [0.25, 0.3) is 0 Å². The van der Waals surface area contributed by atoms with Crippen molar-refractivity contribution in [2.24, 2.45) is 17.3 Å². The molecule has 124 valence electrons. The summed E-state index contributed by atoms with van der Waals surface area (Å²) >= 11 is 0. The Balaban J connectivity index is 1.39. The van der Waals surface area contributed by atoms with E-state index in [2.05, 4.69) is 26.7 Å². The number of nitrogens with zero attached hydrogens (tertiary/aromatic N) is 4. The van der Waals surface area contributed by atoms with Gasteiger partial charge in [-0.15, -0.1) is 0 Å². The molecule has 2 aliphatic heterocycles. The van der Waals surface area contributed by atoms with Crippen molar-refractivity contribution in [1.29, 1.82) is 0 Å². The summed E-state index contributed by atoms with van der Waals surface area (Å²) in [6.07, 6.45) is 9.47. The van der Waals surface area contributed by atoms with Crippen LogP contribution in [0.2, 0.25) is 0 Å². The molecule has 3 aliphatic rings. The van der Waals surface area contributed by atoms with Crippen molar-refractivity contribution < 1.29 is 4.79 Å². The first-order valence-corrected chi connectivity index (χ1v) is 8.98. The van der Waals surface area contributed by atoms with Crippen LogP contribution in [0.4, 0.5) is 5.95 Å². The Bertz CT molecular complexity index is 568. The fourth-order valence-electron chi connectivity index (χ4n) is 4.34. The molecule has 1 aromatic heterocycles. The number of hydrogen-bond acceptors (Lipinski definition) is 4. The lowest BCUT2D eigenvalue weighted by atomic mass is 9.72. The normalized spacial score (nSPS) is 29.6. The maximum Gasteiger partial charge on any atom is 0.225 e. The maximum atomic E-state index is 12.4. The van der Waals surface area contributed by atoms with Gasteiger partial charge in [0.1, 0.15) is 0 Å². The number of anilines is 1. The van der Waals surface area contributed by atoms with Crippen LogP contribution in [0.15, 0.2) is 18.5 Å². The highest BCUT2D eigenvalue weighted by atomic mass is 16.2. The first kappa shape index (κ1) is 14.9. The van der Waals surface area contributed by atoms with Crippen molar-refractivity contribution in [3.63, 3.8) is 0 Å². The fraction of sp³-hybridized carbons (Fsp3) is 0.722. The van der Waals surface area contributed by atoms with E-state index >= 15 is 0 Å². The summed E-state index contributed by atoms with van der Waals surface area (Å²) in [6.45, 7) is 6.15. The number of rotatable bonds is 2. The van der Waals surface area contributed by atoms with E-state index in [4.69, 9.17) is 0 Å². The first-order valence-electron chi connectivity index (χ1n) is 8.98. The molecule has 3 heterocycles. The molecule has 0 radical (unpaired) electrons. The molecule has 0 bridgehead atoms. The molecule has 2 atom stereocenters. The number of carbonyl (C=O) groups is 1. The van der Waals surface area contributed by atoms with Crippen LogP contribution in [0.5, 0.6) is 0 Å². The highest BCUT2D eigenvalue weighted by Crippen LogP contribution is 2.43. The average Bonchev–Trinajstić information content (AvgIpc) is 3.33. The Morgan fingerprint density at radius 1 is 1.17 bits per heavy atom. The van der Waals surface area contributed by atoms with Gasteiger partial charge in [0, 0.05) is 44.5 Å². The van der Waals surface area contributed by atoms with Crippen LogP contribution in [0.1, 0.15) is 39.0 Å². The van der Waals surface area contributed by atoms with E-state index < -0.39 is 0 Å². The Labute approximate surface area is 138 Å². The number of carbonyl (C=O) groups excluding carboxylic acids is 1. The molecule has 3 fully saturated rings. The van der Waals surface area contributed by atoms with Gasteiger partial charge in [0.05, 0.1) is 0 Å². The quantitative estimate of drug-likeness (QED) is 0.841. The molecule has 5 heteroatoms. The van der Waals surface area contributed by atoms with E-state index in [0.717, 1.165) is 51.4 Å². The molecule has 4 rings (SSSR count). The van der Waals surface area contributed by atoms with E-state index in [1.807, 2.05) is 18.5 Å². The number of piperidine rings is 2. The lowest BCUT2D eigenvalue weighted by Gasteiger charge is -2.47. The zero-order valence-corrected chi connectivity index (χ0v) is 13.9. The first-order chi connectivity index (χ1) is 11.2. The van der Waals surface area contributed by atoms with Gasteiger partial charge in [-0.1, -0.05) is 6.92 Å². The zero-order valence-electron chi connectivity index (χ0n) is 13.9.